The van der Waals surface area contributed by atoms with Gasteiger partial charge in [-0.2, -0.15) is 4.39 Å². The van der Waals surface area contributed by atoms with Gasteiger partial charge in [0.25, 0.3) is 5.91 Å². The topological polar surface area (TPSA) is 77.2 Å². The van der Waals surface area contributed by atoms with Gasteiger partial charge >= 0.3 is 0 Å². The quantitative estimate of drug-likeness (QED) is 0.670. The van der Waals surface area contributed by atoms with Gasteiger partial charge in [-0.1, -0.05) is 12.1 Å². The van der Waals surface area contributed by atoms with Crippen LogP contribution in [0, 0.1) is 18.6 Å². The molecule has 6 nitrogen and oxygen atoms in total. The third-order valence-corrected chi connectivity index (χ3v) is 3.89. The molecule has 0 spiro atoms. The predicted molar refractivity (Wildman–Crippen MR) is 96.8 cm³/mol. The molecular formula is C20H19F2N3O3. The number of aromatic nitrogens is 2. The summed E-state index contributed by atoms with van der Waals surface area (Å²) in [6.45, 7) is 3.52. The van der Waals surface area contributed by atoms with E-state index in [2.05, 4.69) is 15.3 Å². The number of pyridine rings is 1. The van der Waals surface area contributed by atoms with Gasteiger partial charge in [0.2, 0.25) is 11.7 Å². The summed E-state index contributed by atoms with van der Waals surface area (Å²) in [6, 6.07) is 9.15. The summed E-state index contributed by atoms with van der Waals surface area (Å²) in [7, 11) is 0. The molecule has 2 aromatic heterocycles. The molecule has 2 heterocycles. The van der Waals surface area contributed by atoms with Crippen LogP contribution in [0.2, 0.25) is 0 Å². The van der Waals surface area contributed by atoms with Gasteiger partial charge < -0.3 is 14.5 Å². The van der Waals surface area contributed by atoms with E-state index >= 15 is 0 Å². The van der Waals surface area contributed by atoms with E-state index in [-0.39, 0.29) is 30.0 Å². The van der Waals surface area contributed by atoms with Crippen molar-refractivity contribution < 1.29 is 22.7 Å². The van der Waals surface area contributed by atoms with Crippen molar-refractivity contribution in [3.8, 4) is 5.75 Å². The highest BCUT2D eigenvalue weighted by Crippen LogP contribution is 2.20. The van der Waals surface area contributed by atoms with Crippen LogP contribution in [-0.4, -0.2) is 21.9 Å². The first-order valence-corrected chi connectivity index (χ1v) is 8.67. The molecule has 3 aromatic rings. The van der Waals surface area contributed by atoms with Crippen LogP contribution in [-0.2, 0) is 13.0 Å². The maximum Gasteiger partial charge on any atom is 0.273 e. The van der Waals surface area contributed by atoms with Gasteiger partial charge in [-0.15, -0.1) is 0 Å². The van der Waals surface area contributed by atoms with Crippen molar-refractivity contribution in [1.82, 2.24) is 15.3 Å². The van der Waals surface area contributed by atoms with Crippen molar-refractivity contribution in [3.05, 3.63) is 77.3 Å². The summed E-state index contributed by atoms with van der Waals surface area (Å²) in [4.78, 5) is 20.7. The van der Waals surface area contributed by atoms with Crippen LogP contribution < -0.4 is 10.1 Å². The number of amides is 1. The van der Waals surface area contributed by atoms with Crippen LogP contribution in [0.5, 0.6) is 5.75 Å². The molecule has 146 valence electrons. The van der Waals surface area contributed by atoms with Crippen molar-refractivity contribution in [2.24, 2.45) is 0 Å². The number of carbonyl (C=O) groups is 1. The van der Waals surface area contributed by atoms with Crippen molar-refractivity contribution in [2.75, 3.05) is 0 Å². The minimum absolute atomic E-state index is 0.0711. The number of hydrogen-bond acceptors (Lipinski definition) is 5. The lowest BCUT2D eigenvalue weighted by Crippen LogP contribution is -2.34. The number of halogens is 2. The molecule has 0 bridgehead atoms. The van der Waals surface area contributed by atoms with Crippen LogP contribution in [0.1, 0.15) is 34.7 Å². The van der Waals surface area contributed by atoms with Gasteiger partial charge in [0.15, 0.2) is 23.9 Å². The van der Waals surface area contributed by atoms with Gasteiger partial charge in [0.05, 0.1) is 0 Å². The largest absolute Gasteiger partial charge is 0.481 e. The maximum atomic E-state index is 13.6. The summed E-state index contributed by atoms with van der Waals surface area (Å²) in [5.41, 5.74) is 1.86. The number of nitrogens with one attached hydrogen (secondary N) is 1. The summed E-state index contributed by atoms with van der Waals surface area (Å²) in [5.74, 6) is -2.70. The molecule has 0 saturated carbocycles. The number of ether oxygens (including phenoxy) is 1. The van der Waals surface area contributed by atoms with E-state index in [0.717, 1.165) is 17.5 Å². The molecule has 8 heteroatoms. The standard InChI is InChI=1S/C20H19F2N3O3/c1-12-5-3-6-14(23-12)9-13(2)24-20(26)16-10-28-18(25-16)11-27-17-8-4-7-15(21)19(17)22/h3-8,10,13H,9,11H2,1-2H3,(H,24,26)/t13-/m0/s1. The lowest BCUT2D eigenvalue weighted by molar-refractivity contribution is 0.0935. The molecule has 1 aromatic carbocycles. The monoisotopic (exact) mass is 387 g/mol. The number of benzene rings is 1. The highest BCUT2D eigenvalue weighted by Gasteiger charge is 2.16. The molecule has 0 fully saturated rings. The van der Waals surface area contributed by atoms with E-state index in [4.69, 9.17) is 9.15 Å². The first kappa shape index (κ1) is 19.5. The van der Waals surface area contributed by atoms with Crippen LogP contribution in [0.25, 0.3) is 0 Å². The Kier molecular flexibility index (Phi) is 5.98. The third kappa shape index (κ3) is 4.91. The Balaban J connectivity index is 1.55. The molecule has 1 atom stereocenters. The smallest absolute Gasteiger partial charge is 0.273 e. The van der Waals surface area contributed by atoms with Crippen LogP contribution >= 0.6 is 0 Å². The third-order valence-electron chi connectivity index (χ3n) is 3.89. The predicted octanol–water partition coefficient (Wildman–Crippen LogP) is 3.60. The van der Waals surface area contributed by atoms with E-state index in [1.165, 1.54) is 18.4 Å². The summed E-state index contributed by atoms with van der Waals surface area (Å²) in [6.07, 6.45) is 1.76. The Bertz CT molecular complexity index is 975. The van der Waals surface area contributed by atoms with Crippen molar-refractivity contribution in [2.45, 2.75) is 32.9 Å². The minimum atomic E-state index is -1.09. The Morgan fingerprint density at radius 2 is 2.00 bits per heavy atom. The highest BCUT2D eigenvalue weighted by atomic mass is 19.2. The molecule has 0 unspecified atom stereocenters. The van der Waals surface area contributed by atoms with E-state index in [9.17, 15) is 13.6 Å². The molecular weight excluding hydrogens is 368 g/mol. The van der Waals surface area contributed by atoms with Gasteiger partial charge in [-0.3, -0.25) is 9.78 Å². The lowest BCUT2D eigenvalue weighted by atomic mass is 10.1. The second-order valence-electron chi connectivity index (χ2n) is 6.32. The van der Waals surface area contributed by atoms with E-state index in [1.54, 1.807) is 0 Å². The Morgan fingerprint density at radius 3 is 2.79 bits per heavy atom. The molecule has 28 heavy (non-hydrogen) atoms. The summed E-state index contributed by atoms with van der Waals surface area (Å²) >= 11 is 0. The first-order chi connectivity index (χ1) is 13.4. The maximum absolute atomic E-state index is 13.6. The molecule has 0 aliphatic carbocycles. The highest BCUT2D eigenvalue weighted by molar-refractivity contribution is 5.92. The minimum Gasteiger partial charge on any atom is -0.481 e. The molecule has 1 amide bonds. The van der Waals surface area contributed by atoms with E-state index < -0.39 is 17.5 Å². The number of aryl methyl sites for hydroxylation is 1. The van der Waals surface area contributed by atoms with E-state index in [1.807, 2.05) is 32.0 Å². The molecule has 1 N–H and O–H groups in total. The Morgan fingerprint density at radius 1 is 1.21 bits per heavy atom. The number of nitrogens with zero attached hydrogens (tertiary/aromatic N) is 2. The SMILES string of the molecule is Cc1cccc(C[C@H](C)NC(=O)c2coc(COc3cccc(F)c3F)n2)n1. The second-order valence-corrected chi connectivity index (χ2v) is 6.32. The number of rotatable bonds is 7. The molecule has 0 saturated heterocycles. The van der Waals surface area contributed by atoms with Crippen LogP contribution in [0.4, 0.5) is 8.78 Å². The number of hydrogen-bond donors (Lipinski definition) is 1. The van der Waals surface area contributed by atoms with Crippen molar-refractivity contribution >= 4 is 5.91 Å². The number of oxazole rings is 1. The van der Waals surface area contributed by atoms with Gasteiger partial charge in [0.1, 0.15) is 6.26 Å². The average molecular weight is 387 g/mol. The average Bonchev–Trinajstić information content (AvgIpc) is 3.12. The normalized spacial score (nSPS) is 11.9. The Labute approximate surface area is 160 Å². The van der Waals surface area contributed by atoms with Crippen LogP contribution in [0.15, 0.2) is 47.1 Å². The summed E-state index contributed by atoms with van der Waals surface area (Å²) in [5, 5.41) is 2.82. The van der Waals surface area contributed by atoms with Gasteiger partial charge in [0, 0.05) is 23.9 Å². The molecule has 0 aliphatic rings. The fraction of sp³-hybridized carbons (Fsp3) is 0.250. The fourth-order valence-corrected chi connectivity index (χ4v) is 2.59. The van der Waals surface area contributed by atoms with Crippen molar-refractivity contribution in [1.29, 1.82) is 0 Å². The summed E-state index contributed by atoms with van der Waals surface area (Å²) < 4.78 is 37.1. The lowest BCUT2D eigenvalue weighted by Gasteiger charge is -2.12. The van der Waals surface area contributed by atoms with Crippen molar-refractivity contribution in [3.63, 3.8) is 0 Å². The molecule has 3 rings (SSSR count). The first-order valence-electron chi connectivity index (χ1n) is 8.67. The number of carbonyl (C=O) groups excluding carboxylic acids is 1. The zero-order valence-electron chi connectivity index (χ0n) is 15.4. The molecule has 0 aliphatic heterocycles. The zero-order valence-corrected chi connectivity index (χ0v) is 15.4. The molecule has 0 radical (unpaired) electrons. The van der Waals surface area contributed by atoms with Gasteiger partial charge in [-0.05, 0) is 38.1 Å². The van der Waals surface area contributed by atoms with Crippen LogP contribution in [0.3, 0.4) is 0 Å². The Hall–Kier alpha value is -3.29. The van der Waals surface area contributed by atoms with E-state index in [0.29, 0.717) is 6.42 Å². The zero-order chi connectivity index (χ0) is 20.1. The van der Waals surface area contributed by atoms with Gasteiger partial charge in [-0.25, -0.2) is 9.37 Å². The fourth-order valence-electron chi connectivity index (χ4n) is 2.59. The second kappa shape index (κ2) is 8.60.